The van der Waals surface area contributed by atoms with Crippen LogP contribution in [0.5, 0.6) is 5.75 Å². The van der Waals surface area contributed by atoms with Gasteiger partial charge in [0, 0.05) is 6.42 Å². The lowest BCUT2D eigenvalue weighted by Crippen LogP contribution is -2.48. The van der Waals surface area contributed by atoms with Gasteiger partial charge >= 0.3 is 0 Å². The van der Waals surface area contributed by atoms with Crippen LogP contribution in [-0.4, -0.2) is 29.5 Å². The number of Topliss-reactive ketones (excluding diaryl/α,β-unsaturated/α-hetero) is 2. The second-order valence-corrected chi connectivity index (χ2v) is 6.08. The van der Waals surface area contributed by atoms with Gasteiger partial charge in [0.25, 0.3) is 5.69 Å². The Kier molecular flexibility index (Phi) is 4.98. The number of rotatable bonds is 5. The van der Waals surface area contributed by atoms with Crippen LogP contribution in [0.4, 0.5) is 5.69 Å². The van der Waals surface area contributed by atoms with E-state index in [1.807, 2.05) is 6.07 Å². The van der Waals surface area contributed by atoms with Gasteiger partial charge in [-0.25, -0.2) is 0 Å². The van der Waals surface area contributed by atoms with Crippen molar-refractivity contribution in [2.45, 2.75) is 12.5 Å². The molecule has 8 nitrogen and oxygen atoms in total. The molecule has 0 saturated carbocycles. The van der Waals surface area contributed by atoms with Crippen LogP contribution in [0.2, 0.25) is 0 Å². The predicted molar refractivity (Wildman–Crippen MR) is 94.4 cm³/mol. The first-order chi connectivity index (χ1) is 12.9. The first-order valence-electron chi connectivity index (χ1n) is 8.17. The minimum atomic E-state index is -1.60. The number of benzene rings is 2. The highest BCUT2D eigenvalue weighted by Gasteiger charge is 2.42. The van der Waals surface area contributed by atoms with Gasteiger partial charge in [0.15, 0.2) is 17.5 Å². The van der Waals surface area contributed by atoms with Gasteiger partial charge in [0.2, 0.25) is 5.91 Å². The summed E-state index contributed by atoms with van der Waals surface area (Å²) in [6.45, 7) is 0. The molecule has 8 heteroatoms. The number of carbonyl (C=O) groups is 3. The van der Waals surface area contributed by atoms with Gasteiger partial charge < -0.3 is 10.1 Å². The van der Waals surface area contributed by atoms with Crippen LogP contribution in [0.25, 0.3) is 0 Å². The third-order valence-corrected chi connectivity index (χ3v) is 4.44. The monoisotopic (exact) mass is 368 g/mol. The van der Waals surface area contributed by atoms with E-state index in [1.54, 1.807) is 24.3 Å². The summed E-state index contributed by atoms with van der Waals surface area (Å²) in [6.07, 6.45) is -0.0594. The molecule has 1 fully saturated rings. The Balaban J connectivity index is 1.89. The van der Waals surface area contributed by atoms with Crippen molar-refractivity contribution in [1.82, 2.24) is 5.32 Å². The lowest BCUT2D eigenvalue weighted by molar-refractivity contribution is -0.385. The van der Waals surface area contributed by atoms with E-state index in [-0.39, 0.29) is 17.7 Å². The van der Waals surface area contributed by atoms with Gasteiger partial charge in [-0.3, -0.25) is 24.5 Å². The molecule has 1 heterocycles. The number of nitrogens with zero attached hydrogens (tertiary/aromatic N) is 1. The third-order valence-electron chi connectivity index (χ3n) is 4.44. The maximum atomic E-state index is 12.8. The number of nitrogens with one attached hydrogen (secondary N) is 1. The molecule has 2 aromatic carbocycles. The fourth-order valence-electron chi connectivity index (χ4n) is 3.08. The number of carbonyl (C=O) groups excluding carboxylic acids is 3. The van der Waals surface area contributed by atoms with E-state index < -0.39 is 40.0 Å². The van der Waals surface area contributed by atoms with Crippen molar-refractivity contribution in [3.63, 3.8) is 0 Å². The van der Waals surface area contributed by atoms with Crippen LogP contribution in [0, 0.1) is 16.0 Å². The first-order valence-corrected chi connectivity index (χ1v) is 8.17. The predicted octanol–water partition coefficient (Wildman–Crippen LogP) is 2.23. The number of hydrogen-bond acceptors (Lipinski definition) is 6. The fraction of sp³-hybridized carbons (Fsp3) is 0.211. The number of nitro benzene ring substituents is 1. The summed E-state index contributed by atoms with van der Waals surface area (Å²) in [4.78, 5) is 48.3. The highest BCUT2D eigenvalue weighted by molar-refractivity contribution is 6.25. The molecular weight excluding hydrogens is 352 g/mol. The summed E-state index contributed by atoms with van der Waals surface area (Å²) < 4.78 is 4.93. The zero-order chi connectivity index (χ0) is 19.6. The number of amides is 1. The van der Waals surface area contributed by atoms with Crippen LogP contribution >= 0.6 is 0 Å². The van der Waals surface area contributed by atoms with E-state index in [4.69, 9.17) is 4.74 Å². The Morgan fingerprint density at radius 2 is 1.89 bits per heavy atom. The lowest BCUT2D eigenvalue weighted by Gasteiger charge is -2.27. The van der Waals surface area contributed by atoms with E-state index in [1.165, 1.54) is 19.2 Å². The van der Waals surface area contributed by atoms with Crippen LogP contribution in [-0.2, 0) is 9.59 Å². The summed E-state index contributed by atoms with van der Waals surface area (Å²) in [5.74, 6) is -3.62. The Morgan fingerprint density at radius 1 is 1.19 bits per heavy atom. The van der Waals surface area contributed by atoms with Crippen LogP contribution in [0.15, 0.2) is 48.5 Å². The molecule has 0 bridgehead atoms. The number of methoxy groups -OCH3 is 1. The highest BCUT2D eigenvalue weighted by Crippen LogP contribution is 2.30. The number of hydrogen-bond donors (Lipinski definition) is 1. The third kappa shape index (κ3) is 3.55. The second kappa shape index (κ2) is 7.36. The van der Waals surface area contributed by atoms with E-state index >= 15 is 0 Å². The van der Waals surface area contributed by atoms with Crippen molar-refractivity contribution in [2.24, 2.45) is 5.92 Å². The molecule has 27 heavy (non-hydrogen) atoms. The molecule has 2 unspecified atom stereocenters. The van der Waals surface area contributed by atoms with E-state index in [9.17, 15) is 24.5 Å². The summed E-state index contributed by atoms with van der Waals surface area (Å²) in [5.41, 5.74) is -0.0573. The number of nitro groups is 1. The molecule has 1 amide bonds. The molecule has 1 aliphatic rings. The smallest absolute Gasteiger partial charge is 0.283 e. The summed E-state index contributed by atoms with van der Waals surface area (Å²) >= 11 is 0. The van der Waals surface area contributed by atoms with Gasteiger partial charge in [-0.1, -0.05) is 30.3 Å². The van der Waals surface area contributed by atoms with Gasteiger partial charge in [0.1, 0.15) is 5.75 Å². The fourth-order valence-corrected chi connectivity index (χ4v) is 3.08. The van der Waals surface area contributed by atoms with Crippen molar-refractivity contribution in [1.29, 1.82) is 0 Å². The second-order valence-electron chi connectivity index (χ2n) is 6.08. The normalized spacial score (nSPS) is 19.3. The molecule has 0 aliphatic carbocycles. The Hall–Kier alpha value is -3.55. The van der Waals surface area contributed by atoms with Crippen LogP contribution < -0.4 is 10.1 Å². The SMILES string of the molecule is COc1ccc(C(=O)C2C(=O)CC(c3ccccc3)NC2=O)c([N+](=O)[O-])c1. The standard InChI is InChI=1S/C19H16N2O6/c1-27-12-7-8-13(15(9-12)21(25)26)18(23)17-16(22)10-14(20-19(17)24)11-5-3-2-4-6-11/h2-9,14,17H,10H2,1H3,(H,20,24). The summed E-state index contributed by atoms with van der Waals surface area (Å²) in [7, 11) is 1.34. The quantitative estimate of drug-likeness (QED) is 0.374. The van der Waals surface area contributed by atoms with E-state index in [0.717, 1.165) is 11.6 Å². The topological polar surface area (TPSA) is 116 Å². The molecular formula is C19H16N2O6. The number of ether oxygens (including phenoxy) is 1. The van der Waals surface area contributed by atoms with Gasteiger partial charge in [-0.2, -0.15) is 0 Å². The molecule has 3 rings (SSSR count). The zero-order valence-electron chi connectivity index (χ0n) is 14.4. The summed E-state index contributed by atoms with van der Waals surface area (Å²) in [6, 6.07) is 12.1. The van der Waals surface area contributed by atoms with Crippen molar-refractivity contribution in [3.8, 4) is 5.75 Å². The van der Waals surface area contributed by atoms with E-state index in [0.29, 0.717) is 0 Å². The molecule has 0 aromatic heterocycles. The maximum absolute atomic E-state index is 12.8. The van der Waals surface area contributed by atoms with Crippen LogP contribution in [0.1, 0.15) is 28.4 Å². The Bertz CT molecular complexity index is 907. The zero-order valence-corrected chi connectivity index (χ0v) is 14.4. The summed E-state index contributed by atoms with van der Waals surface area (Å²) in [5, 5.41) is 13.9. The molecule has 1 N–H and O–H groups in total. The van der Waals surface area contributed by atoms with Crippen molar-refractivity contribution < 1.29 is 24.0 Å². The van der Waals surface area contributed by atoms with E-state index in [2.05, 4.69) is 5.32 Å². The Labute approximate surface area is 154 Å². The minimum Gasteiger partial charge on any atom is -0.497 e. The molecule has 1 saturated heterocycles. The van der Waals surface area contributed by atoms with Crippen molar-refractivity contribution >= 4 is 23.2 Å². The largest absolute Gasteiger partial charge is 0.497 e. The maximum Gasteiger partial charge on any atom is 0.283 e. The molecule has 0 radical (unpaired) electrons. The average molecular weight is 368 g/mol. The highest BCUT2D eigenvalue weighted by atomic mass is 16.6. The number of piperidine rings is 1. The molecule has 0 spiro atoms. The van der Waals surface area contributed by atoms with Crippen molar-refractivity contribution in [2.75, 3.05) is 7.11 Å². The molecule has 138 valence electrons. The van der Waals surface area contributed by atoms with Gasteiger partial charge in [0.05, 0.1) is 29.7 Å². The lowest BCUT2D eigenvalue weighted by atomic mass is 9.84. The first kappa shape index (κ1) is 18.2. The molecule has 1 aliphatic heterocycles. The molecule has 2 aromatic rings. The van der Waals surface area contributed by atoms with Crippen LogP contribution in [0.3, 0.4) is 0 Å². The minimum absolute atomic E-state index is 0.0594. The van der Waals surface area contributed by atoms with Gasteiger partial charge in [-0.15, -0.1) is 0 Å². The number of ketones is 2. The average Bonchev–Trinajstić information content (AvgIpc) is 2.67. The van der Waals surface area contributed by atoms with Gasteiger partial charge in [-0.05, 0) is 17.7 Å². The Morgan fingerprint density at radius 3 is 2.48 bits per heavy atom. The van der Waals surface area contributed by atoms with Crippen molar-refractivity contribution in [3.05, 3.63) is 69.8 Å². The molecule has 2 atom stereocenters.